The summed E-state index contributed by atoms with van der Waals surface area (Å²) in [5.74, 6) is 1.08. The lowest BCUT2D eigenvalue weighted by Crippen LogP contribution is -2.18. The fraction of sp³-hybridized carbons (Fsp3) is 0.478. The number of hydrogen-bond donors (Lipinski definition) is 2. The van der Waals surface area contributed by atoms with Crippen molar-refractivity contribution in [2.45, 2.75) is 66.5 Å². The number of nitrogens with zero attached hydrogens (tertiary/aromatic N) is 3. The van der Waals surface area contributed by atoms with Gasteiger partial charge >= 0.3 is 0 Å². The summed E-state index contributed by atoms with van der Waals surface area (Å²) in [6, 6.07) is 0. The van der Waals surface area contributed by atoms with Crippen molar-refractivity contribution in [2.24, 2.45) is 26.8 Å². The molecule has 0 amide bonds. The van der Waals surface area contributed by atoms with Crippen molar-refractivity contribution >= 4 is 11.5 Å². The Kier molecular flexibility index (Phi) is 10.8. The van der Waals surface area contributed by atoms with Crippen molar-refractivity contribution in [3.05, 3.63) is 63.9 Å². The molecule has 0 saturated carbocycles. The fourth-order valence-electron chi connectivity index (χ4n) is 2.70. The van der Waals surface area contributed by atoms with Crippen LogP contribution in [0.15, 0.2) is 74.2 Å². The van der Waals surface area contributed by atoms with Crippen molar-refractivity contribution < 1.29 is 5.11 Å². The number of aliphatic hydroxyl groups excluding tert-OH is 1. The van der Waals surface area contributed by atoms with Crippen LogP contribution in [0.5, 0.6) is 0 Å². The van der Waals surface area contributed by atoms with Gasteiger partial charge in [-0.2, -0.15) is 0 Å². The molecule has 6 nitrogen and oxygen atoms in total. The molecule has 1 rings (SSSR count). The molecule has 3 N–H and O–H groups in total. The van der Waals surface area contributed by atoms with E-state index in [2.05, 4.69) is 50.0 Å². The second kappa shape index (κ2) is 12.8. The Bertz CT molecular complexity index is 783. The first-order valence-corrected chi connectivity index (χ1v) is 10.2. The summed E-state index contributed by atoms with van der Waals surface area (Å²) in [5.41, 5.74) is 9.49. The molecule has 0 fully saturated rings. The zero-order valence-electron chi connectivity index (χ0n) is 18.2. The zero-order chi connectivity index (χ0) is 21.8. The molecule has 0 aromatic carbocycles. The van der Waals surface area contributed by atoms with E-state index >= 15 is 0 Å². The largest absolute Gasteiger partial charge is 0.404 e. The van der Waals surface area contributed by atoms with Crippen LogP contribution in [0.25, 0.3) is 0 Å². The minimum atomic E-state index is -1.54. The Hall–Kier alpha value is -2.60. The zero-order valence-corrected chi connectivity index (χ0v) is 18.2. The maximum Gasteiger partial charge on any atom is 0.216 e. The van der Waals surface area contributed by atoms with Gasteiger partial charge in [0.05, 0.1) is 11.4 Å². The molecule has 2 atom stereocenters. The van der Waals surface area contributed by atoms with Gasteiger partial charge in [0.15, 0.2) is 0 Å². The molecule has 1 aliphatic heterocycles. The van der Waals surface area contributed by atoms with Crippen molar-refractivity contribution in [1.29, 1.82) is 0 Å². The molecule has 0 radical (unpaired) electrons. The first kappa shape index (κ1) is 24.4. The van der Waals surface area contributed by atoms with E-state index in [1.807, 2.05) is 25.2 Å². The van der Waals surface area contributed by atoms with Gasteiger partial charge in [-0.1, -0.05) is 64.0 Å². The third kappa shape index (κ3) is 7.38. The van der Waals surface area contributed by atoms with E-state index in [1.165, 1.54) is 11.8 Å². The van der Waals surface area contributed by atoms with Crippen LogP contribution in [0.3, 0.4) is 0 Å². The summed E-state index contributed by atoms with van der Waals surface area (Å²) in [6.07, 6.45) is 13.0. The van der Waals surface area contributed by atoms with Gasteiger partial charge in [0.1, 0.15) is 5.84 Å². The van der Waals surface area contributed by atoms with E-state index in [4.69, 9.17) is 10.7 Å². The first-order chi connectivity index (χ1) is 13.9. The van der Waals surface area contributed by atoms with Gasteiger partial charge < -0.3 is 10.8 Å². The Morgan fingerprint density at radius 2 is 2.07 bits per heavy atom. The first-order valence-electron chi connectivity index (χ1n) is 10.2. The van der Waals surface area contributed by atoms with E-state index in [9.17, 15) is 10.0 Å². The van der Waals surface area contributed by atoms with Crippen LogP contribution < -0.4 is 5.73 Å². The Labute approximate surface area is 174 Å². The monoisotopic (exact) mass is 398 g/mol. The Balaban J connectivity index is 3.41. The standard InChI is InChI=1S/C23H34N4O2/c1-6-16(4)13-14-18(17(5)7-2)21-11-9-10-12-22(26-21)25-20(8-3)19(15-24)23(28)27-29/h9-11,13-16,23,28H,6-8,12,24H2,1-5H3/b14-13-,18-17-,19-15?,25-20?. The number of aliphatic hydroxyl groups is 1. The van der Waals surface area contributed by atoms with Crippen LogP contribution in [-0.2, 0) is 0 Å². The smallest absolute Gasteiger partial charge is 0.216 e. The molecular weight excluding hydrogens is 364 g/mol. The number of allylic oxidation sites excluding steroid dienone is 5. The topological polar surface area (TPSA) is 100 Å². The SMILES string of the molecule is CCC(=NC1=NC(C(/C=C\C(C)CC)=C(/C)CC)=CC=CC1)C(=CN)C(O)N=O. The average Bonchev–Trinajstić information content (AvgIpc) is 2.98. The van der Waals surface area contributed by atoms with Crippen LogP contribution in [0, 0.1) is 10.8 Å². The van der Waals surface area contributed by atoms with Gasteiger partial charge in [0.25, 0.3) is 0 Å². The normalized spacial score (nSPS) is 18.7. The maximum atomic E-state index is 10.8. The van der Waals surface area contributed by atoms with E-state index in [0.29, 0.717) is 30.3 Å². The number of amidine groups is 1. The number of aliphatic imine (C=N–C) groups is 2. The van der Waals surface area contributed by atoms with Gasteiger partial charge in [-0.25, -0.2) is 9.98 Å². The summed E-state index contributed by atoms with van der Waals surface area (Å²) < 4.78 is 0. The van der Waals surface area contributed by atoms with E-state index < -0.39 is 6.23 Å². The molecule has 0 aromatic rings. The summed E-state index contributed by atoms with van der Waals surface area (Å²) in [5, 5.41) is 12.5. The minimum Gasteiger partial charge on any atom is -0.404 e. The lowest BCUT2D eigenvalue weighted by atomic mass is 10.0. The molecule has 6 heteroatoms. The maximum absolute atomic E-state index is 10.8. The van der Waals surface area contributed by atoms with E-state index in [0.717, 1.165) is 24.1 Å². The summed E-state index contributed by atoms with van der Waals surface area (Å²) in [7, 11) is 0. The summed E-state index contributed by atoms with van der Waals surface area (Å²) in [6.45, 7) is 10.5. The van der Waals surface area contributed by atoms with E-state index in [-0.39, 0.29) is 5.57 Å². The molecule has 0 saturated heterocycles. The number of rotatable bonds is 9. The second-order valence-electron chi connectivity index (χ2n) is 7.02. The van der Waals surface area contributed by atoms with Crippen molar-refractivity contribution in [3.63, 3.8) is 0 Å². The third-order valence-corrected chi connectivity index (χ3v) is 4.93. The molecule has 1 aliphatic rings. The number of hydrogen-bond acceptors (Lipinski definition) is 6. The van der Waals surface area contributed by atoms with Crippen molar-refractivity contribution in [1.82, 2.24) is 0 Å². The predicted octanol–water partition coefficient (Wildman–Crippen LogP) is 5.34. The number of nitrogens with two attached hydrogens (primary N) is 1. The molecule has 158 valence electrons. The summed E-state index contributed by atoms with van der Waals surface area (Å²) >= 11 is 0. The van der Waals surface area contributed by atoms with Crippen LogP contribution in [0.1, 0.15) is 60.3 Å². The lowest BCUT2D eigenvalue weighted by Gasteiger charge is -2.12. The average molecular weight is 399 g/mol. The van der Waals surface area contributed by atoms with Gasteiger partial charge in [-0.05, 0) is 42.5 Å². The van der Waals surface area contributed by atoms with E-state index in [1.54, 1.807) is 0 Å². The van der Waals surface area contributed by atoms with Crippen LogP contribution in [0.4, 0.5) is 0 Å². The Morgan fingerprint density at radius 3 is 2.62 bits per heavy atom. The fourth-order valence-corrected chi connectivity index (χ4v) is 2.70. The molecule has 0 aromatic heterocycles. The highest BCUT2D eigenvalue weighted by Crippen LogP contribution is 2.24. The van der Waals surface area contributed by atoms with Gasteiger partial charge in [0, 0.05) is 18.2 Å². The van der Waals surface area contributed by atoms with Crippen LogP contribution in [-0.4, -0.2) is 22.9 Å². The molecule has 29 heavy (non-hydrogen) atoms. The molecular formula is C23H34N4O2. The quantitative estimate of drug-likeness (QED) is 0.311. The third-order valence-electron chi connectivity index (χ3n) is 4.93. The van der Waals surface area contributed by atoms with Crippen LogP contribution >= 0.6 is 0 Å². The highest BCUT2D eigenvalue weighted by Gasteiger charge is 2.17. The summed E-state index contributed by atoms with van der Waals surface area (Å²) in [4.78, 5) is 20.2. The van der Waals surface area contributed by atoms with Crippen LogP contribution in [0.2, 0.25) is 0 Å². The Morgan fingerprint density at radius 1 is 1.34 bits per heavy atom. The highest BCUT2D eigenvalue weighted by atomic mass is 16.3. The van der Waals surface area contributed by atoms with Gasteiger partial charge in [0.2, 0.25) is 6.23 Å². The predicted molar refractivity (Wildman–Crippen MR) is 123 cm³/mol. The minimum absolute atomic E-state index is 0.209. The van der Waals surface area contributed by atoms with Gasteiger partial charge in [-0.3, -0.25) is 0 Å². The lowest BCUT2D eigenvalue weighted by molar-refractivity contribution is 0.225. The number of nitroso groups, excluding NO2 is 1. The molecule has 1 heterocycles. The van der Waals surface area contributed by atoms with Crippen molar-refractivity contribution in [3.8, 4) is 0 Å². The second-order valence-corrected chi connectivity index (χ2v) is 7.02. The molecule has 2 unspecified atom stereocenters. The highest BCUT2D eigenvalue weighted by molar-refractivity contribution is 6.08. The molecule has 0 spiro atoms. The van der Waals surface area contributed by atoms with Gasteiger partial charge in [-0.15, -0.1) is 4.91 Å². The molecule has 0 bridgehead atoms. The van der Waals surface area contributed by atoms with Crippen molar-refractivity contribution in [2.75, 3.05) is 0 Å². The molecule has 0 aliphatic carbocycles.